The van der Waals surface area contributed by atoms with E-state index in [0.717, 1.165) is 25.9 Å². The summed E-state index contributed by atoms with van der Waals surface area (Å²) in [5, 5.41) is 4.10. The van der Waals surface area contributed by atoms with Crippen molar-refractivity contribution >= 4 is 5.91 Å². The highest BCUT2D eigenvalue weighted by Crippen LogP contribution is 2.38. The predicted octanol–water partition coefficient (Wildman–Crippen LogP) is 2.67. The van der Waals surface area contributed by atoms with Crippen LogP contribution in [0.25, 0.3) is 0 Å². The van der Waals surface area contributed by atoms with Crippen LogP contribution >= 0.6 is 0 Å². The maximum Gasteiger partial charge on any atom is 0.272 e. The Bertz CT molecular complexity index is 734. The molecular weight excluding hydrogens is 302 g/mol. The second-order valence-corrected chi connectivity index (χ2v) is 7.12. The van der Waals surface area contributed by atoms with Crippen LogP contribution in [0, 0.1) is 6.92 Å². The normalized spacial score (nSPS) is 19.5. The molecule has 4 rings (SSSR count). The third-order valence-corrected chi connectivity index (χ3v) is 5.64. The zero-order valence-corrected chi connectivity index (χ0v) is 14.5. The molecule has 2 aliphatic rings. The molecule has 0 unspecified atom stereocenters. The molecule has 0 atom stereocenters. The summed E-state index contributed by atoms with van der Waals surface area (Å²) in [4.78, 5) is 19.3. The molecular formula is C18H25N5O. The van der Waals surface area contributed by atoms with Gasteiger partial charge >= 0.3 is 0 Å². The van der Waals surface area contributed by atoms with Crippen LogP contribution in [0.1, 0.15) is 66.1 Å². The minimum absolute atomic E-state index is 0.0926. The predicted molar refractivity (Wildman–Crippen MR) is 90.9 cm³/mol. The Kier molecular flexibility index (Phi) is 3.90. The summed E-state index contributed by atoms with van der Waals surface area (Å²) in [7, 11) is 1.82. The van der Waals surface area contributed by atoms with Gasteiger partial charge < -0.3 is 9.47 Å². The van der Waals surface area contributed by atoms with Crippen LogP contribution in [0.15, 0.2) is 18.5 Å². The van der Waals surface area contributed by atoms with Gasteiger partial charge in [0.2, 0.25) is 0 Å². The lowest BCUT2D eigenvalue weighted by Crippen LogP contribution is -2.40. The Labute approximate surface area is 142 Å². The molecule has 6 heteroatoms. The summed E-state index contributed by atoms with van der Waals surface area (Å²) < 4.78 is 4.11. The molecule has 0 spiro atoms. The average Bonchev–Trinajstić information content (AvgIpc) is 3.12. The number of aromatic nitrogens is 4. The van der Waals surface area contributed by atoms with Crippen molar-refractivity contribution in [1.29, 1.82) is 0 Å². The topological polar surface area (TPSA) is 56.0 Å². The summed E-state index contributed by atoms with van der Waals surface area (Å²) in [6.45, 7) is 3.76. The van der Waals surface area contributed by atoms with E-state index in [2.05, 4.69) is 16.6 Å². The quantitative estimate of drug-likeness (QED) is 0.871. The van der Waals surface area contributed by atoms with Crippen LogP contribution < -0.4 is 0 Å². The van der Waals surface area contributed by atoms with Gasteiger partial charge in [0.1, 0.15) is 11.5 Å². The van der Waals surface area contributed by atoms with Crippen molar-refractivity contribution in [3.8, 4) is 0 Å². The van der Waals surface area contributed by atoms with Crippen LogP contribution in [0.2, 0.25) is 0 Å². The molecule has 6 nitrogen and oxygen atoms in total. The fraction of sp³-hybridized carbons (Fsp3) is 0.611. The van der Waals surface area contributed by atoms with Crippen molar-refractivity contribution < 1.29 is 4.79 Å². The lowest BCUT2D eigenvalue weighted by molar-refractivity contribution is 0.0681. The first-order chi connectivity index (χ1) is 11.6. The molecule has 24 heavy (non-hydrogen) atoms. The van der Waals surface area contributed by atoms with Gasteiger partial charge in [0, 0.05) is 50.2 Å². The minimum Gasteiger partial charge on any atom is -0.337 e. The van der Waals surface area contributed by atoms with Gasteiger partial charge in [0.15, 0.2) is 0 Å². The van der Waals surface area contributed by atoms with Crippen molar-refractivity contribution in [3.05, 3.63) is 35.7 Å². The molecule has 1 aliphatic carbocycles. The number of likely N-dealkylation sites (tertiary alicyclic amines) is 1. The SMILES string of the molecule is Cc1cnc(C2CCC2)n1C1CCN(C(=O)c2ccnn2C)CC1. The number of imidazole rings is 1. The van der Waals surface area contributed by atoms with Crippen molar-refractivity contribution in [3.63, 3.8) is 0 Å². The van der Waals surface area contributed by atoms with E-state index >= 15 is 0 Å². The molecule has 0 bridgehead atoms. The van der Waals surface area contributed by atoms with E-state index < -0.39 is 0 Å². The van der Waals surface area contributed by atoms with Crippen molar-refractivity contribution in [1.82, 2.24) is 24.2 Å². The zero-order valence-electron chi connectivity index (χ0n) is 14.5. The van der Waals surface area contributed by atoms with E-state index in [1.165, 1.54) is 30.8 Å². The largest absolute Gasteiger partial charge is 0.337 e. The van der Waals surface area contributed by atoms with E-state index in [-0.39, 0.29) is 5.91 Å². The van der Waals surface area contributed by atoms with Gasteiger partial charge in [-0.05, 0) is 38.7 Å². The molecule has 3 heterocycles. The highest BCUT2D eigenvalue weighted by Gasteiger charge is 2.31. The fourth-order valence-corrected chi connectivity index (χ4v) is 3.98. The minimum atomic E-state index is 0.0926. The molecule has 1 saturated carbocycles. The number of amides is 1. The maximum atomic E-state index is 12.6. The van der Waals surface area contributed by atoms with E-state index in [0.29, 0.717) is 17.7 Å². The first kappa shape index (κ1) is 15.4. The van der Waals surface area contributed by atoms with Crippen molar-refractivity contribution in [2.75, 3.05) is 13.1 Å². The Morgan fingerprint density at radius 1 is 1.21 bits per heavy atom. The number of hydrogen-bond acceptors (Lipinski definition) is 3. The van der Waals surface area contributed by atoms with Crippen LogP contribution in [0.4, 0.5) is 0 Å². The molecule has 2 aromatic rings. The first-order valence-corrected chi connectivity index (χ1v) is 8.96. The van der Waals surface area contributed by atoms with Gasteiger partial charge in [-0.2, -0.15) is 5.10 Å². The third-order valence-electron chi connectivity index (χ3n) is 5.64. The summed E-state index contributed by atoms with van der Waals surface area (Å²) in [6.07, 6.45) is 9.57. The Hall–Kier alpha value is -2.11. The van der Waals surface area contributed by atoms with Crippen LogP contribution in [-0.4, -0.2) is 43.2 Å². The van der Waals surface area contributed by atoms with Gasteiger partial charge in [-0.15, -0.1) is 0 Å². The van der Waals surface area contributed by atoms with Crippen molar-refractivity contribution in [2.45, 2.75) is 51.0 Å². The van der Waals surface area contributed by atoms with E-state index in [1.54, 1.807) is 16.9 Å². The Morgan fingerprint density at radius 2 is 1.96 bits per heavy atom. The highest BCUT2D eigenvalue weighted by molar-refractivity contribution is 5.92. The lowest BCUT2D eigenvalue weighted by atomic mass is 9.84. The van der Waals surface area contributed by atoms with Gasteiger partial charge in [0.25, 0.3) is 5.91 Å². The number of rotatable bonds is 3. The van der Waals surface area contributed by atoms with E-state index in [1.807, 2.05) is 18.1 Å². The summed E-state index contributed by atoms with van der Waals surface area (Å²) >= 11 is 0. The number of nitrogens with zero attached hydrogens (tertiary/aromatic N) is 5. The molecule has 0 radical (unpaired) electrons. The number of piperidine rings is 1. The standard InChI is InChI=1S/C18H25N5O/c1-13-12-19-17(14-4-3-5-14)23(13)15-7-10-22(11-8-15)18(24)16-6-9-20-21(16)2/h6,9,12,14-15H,3-5,7-8,10-11H2,1-2H3. The molecule has 0 aromatic carbocycles. The zero-order chi connectivity index (χ0) is 16.7. The maximum absolute atomic E-state index is 12.6. The number of aryl methyl sites for hydroxylation is 2. The third kappa shape index (κ3) is 2.54. The van der Waals surface area contributed by atoms with Crippen LogP contribution in [0.5, 0.6) is 0 Å². The smallest absolute Gasteiger partial charge is 0.272 e. The lowest BCUT2D eigenvalue weighted by Gasteiger charge is -2.35. The summed E-state index contributed by atoms with van der Waals surface area (Å²) in [5.41, 5.74) is 1.93. The molecule has 1 aliphatic heterocycles. The second kappa shape index (κ2) is 6.07. The van der Waals surface area contributed by atoms with E-state index in [9.17, 15) is 4.79 Å². The molecule has 2 fully saturated rings. The Balaban J connectivity index is 1.46. The van der Waals surface area contributed by atoms with Gasteiger partial charge in [-0.25, -0.2) is 4.98 Å². The molecule has 1 saturated heterocycles. The molecule has 0 N–H and O–H groups in total. The number of hydrogen-bond donors (Lipinski definition) is 0. The molecule has 1 amide bonds. The van der Waals surface area contributed by atoms with Gasteiger partial charge in [-0.1, -0.05) is 6.42 Å². The number of carbonyl (C=O) groups excluding carboxylic acids is 1. The Morgan fingerprint density at radius 3 is 2.54 bits per heavy atom. The highest BCUT2D eigenvalue weighted by atomic mass is 16.2. The molecule has 128 valence electrons. The fourth-order valence-electron chi connectivity index (χ4n) is 3.98. The van der Waals surface area contributed by atoms with E-state index in [4.69, 9.17) is 4.98 Å². The van der Waals surface area contributed by atoms with Gasteiger partial charge in [0.05, 0.1) is 0 Å². The van der Waals surface area contributed by atoms with Crippen LogP contribution in [-0.2, 0) is 7.05 Å². The second-order valence-electron chi connectivity index (χ2n) is 7.12. The van der Waals surface area contributed by atoms with Gasteiger partial charge in [-0.3, -0.25) is 9.48 Å². The first-order valence-electron chi connectivity index (χ1n) is 8.96. The monoisotopic (exact) mass is 327 g/mol. The molecule has 2 aromatic heterocycles. The van der Waals surface area contributed by atoms with Crippen molar-refractivity contribution in [2.24, 2.45) is 7.05 Å². The summed E-state index contributed by atoms with van der Waals surface area (Å²) in [6, 6.07) is 2.27. The average molecular weight is 327 g/mol. The number of carbonyl (C=O) groups is 1. The summed E-state index contributed by atoms with van der Waals surface area (Å²) in [5.74, 6) is 2.01. The van der Waals surface area contributed by atoms with Crippen LogP contribution in [0.3, 0.4) is 0 Å².